The molecule has 4 aromatic rings. The number of hydrogen-bond acceptors (Lipinski definition) is 6. The van der Waals surface area contributed by atoms with Gasteiger partial charge in [-0.3, -0.25) is 4.79 Å². The predicted octanol–water partition coefficient (Wildman–Crippen LogP) is 6.68. The van der Waals surface area contributed by atoms with E-state index < -0.39 is 22.5 Å². The highest BCUT2D eigenvalue weighted by Gasteiger charge is 2.27. The minimum Gasteiger partial charge on any atom is -0.493 e. The number of carbonyl (C=O) groups excluding carboxylic acids is 1. The van der Waals surface area contributed by atoms with Crippen LogP contribution in [0.1, 0.15) is 16.7 Å². The zero-order valence-corrected chi connectivity index (χ0v) is 26.3. The maximum absolute atomic E-state index is 13.5. The third kappa shape index (κ3) is 8.56. The third-order valence-electron chi connectivity index (χ3n) is 5.94. The molecule has 0 atom stereocenters. The first-order valence-corrected chi connectivity index (χ1v) is 15.5. The molecule has 8 nitrogen and oxygen atoms in total. The number of halogens is 3. The Hall–Kier alpha value is -3.41. The molecule has 0 fully saturated rings. The molecule has 1 N–H and O–H groups in total. The monoisotopic (exact) mass is 689 g/mol. The summed E-state index contributed by atoms with van der Waals surface area (Å²) < 4.78 is 40.1. The van der Waals surface area contributed by atoms with Gasteiger partial charge in [-0.05, 0) is 71.3 Å². The molecule has 0 unspecified atom stereocenters. The number of amides is 1. The van der Waals surface area contributed by atoms with E-state index in [2.05, 4.69) is 26.5 Å². The van der Waals surface area contributed by atoms with E-state index in [1.54, 1.807) is 48.5 Å². The van der Waals surface area contributed by atoms with Gasteiger partial charge in [-0.1, -0.05) is 75.5 Å². The highest BCUT2D eigenvalue weighted by molar-refractivity contribution is 9.10. The molecule has 0 heterocycles. The summed E-state index contributed by atoms with van der Waals surface area (Å²) in [5.74, 6) is 0.412. The Kier molecular flexibility index (Phi) is 11.0. The first-order valence-electron chi connectivity index (χ1n) is 12.5. The summed E-state index contributed by atoms with van der Waals surface area (Å²) in [5.41, 5.74) is 4.61. The Morgan fingerprint density at radius 1 is 0.929 bits per heavy atom. The van der Waals surface area contributed by atoms with E-state index in [9.17, 15) is 13.2 Å². The van der Waals surface area contributed by atoms with Crippen molar-refractivity contribution in [2.24, 2.45) is 5.10 Å². The molecule has 0 saturated carbocycles. The van der Waals surface area contributed by atoms with Crippen molar-refractivity contribution in [3.8, 4) is 11.5 Å². The molecule has 0 aliphatic rings. The van der Waals surface area contributed by atoms with Crippen LogP contribution in [0, 0.1) is 0 Å². The summed E-state index contributed by atoms with van der Waals surface area (Å²) in [7, 11) is -2.53. The summed E-state index contributed by atoms with van der Waals surface area (Å²) >= 11 is 15.5. The number of ether oxygens (including phenoxy) is 2. The van der Waals surface area contributed by atoms with Gasteiger partial charge in [0.05, 0.1) is 34.8 Å². The van der Waals surface area contributed by atoms with Gasteiger partial charge in [-0.15, -0.1) is 0 Å². The van der Waals surface area contributed by atoms with Crippen molar-refractivity contribution in [3.63, 3.8) is 0 Å². The zero-order valence-electron chi connectivity index (χ0n) is 22.3. The molecule has 4 aromatic carbocycles. The number of hydrogen-bond donors (Lipinski definition) is 1. The van der Waals surface area contributed by atoms with Gasteiger partial charge in [0.2, 0.25) is 10.0 Å². The van der Waals surface area contributed by atoms with Crippen molar-refractivity contribution in [1.82, 2.24) is 9.73 Å². The highest BCUT2D eigenvalue weighted by atomic mass is 79.9. The topological polar surface area (TPSA) is 97.3 Å². The SMILES string of the molecule is COc1cc(/C=N/NC(=O)CN(Cc2ccc(Cl)c(Cl)c2)S(=O)(=O)c2ccc(Br)cc2)ccc1OCc1ccccc1. The fourth-order valence-corrected chi connectivity index (χ4v) is 5.79. The number of nitrogens with one attached hydrogen (secondary N) is 1. The Labute approximate surface area is 263 Å². The number of sulfonamides is 1. The zero-order chi connectivity index (χ0) is 30.1. The van der Waals surface area contributed by atoms with Crippen LogP contribution >= 0.6 is 39.1 Å². The van der Waals surface area contributed by atoms with E-state index in [1.807, 2.05) is 30.3 Å². The second kappa shape index (κ2) is 14.7. The van der Waals surface area contributed by atoms with Crippen molar-refractivity contribution in [2.75, 3.05) is 13.7 Å². The van der Waals surface area contributed by atoms with E-state index >= 15 is 0 Å². The average Bonchev–Trinajstić information content (AvgIpc) is 2.98. The van der Waals surface area contributed by atoms with E-state index in [1.165, 1.54) is 25.5 Å². The van der Waals surface area contributed by atoms with Crippen LogP contribution in [-0.4, -0.2) is 38.5 Å². The number of nitrogens with zero attached hydrogens (tertiary/aromatic N) is 2. The Balaban J connectivity index is 1.45. The summed E-state index contributed by atoms with van der Waals surface area (Å²) in [4.78, 5) is 12.9. The fourth-order valence-electron chi connectivity index (χ4n) is 3.82. The van der Waals surface area contributed by atoms with E-state index in [0.29, 0.717) is 34.3 Å². The average molecular weight is 691 g/mol. The number of benzene rings is 4. The van der Waals surface area contributed by atoms with Crippen LogP contribution in [0.25, 0.3) is 0 Å². The molecule has 0 saturated heterocycles. The normalized spacial score (nSPS) is 11.5. The molecule has 4 rings (SSSR count). The molecule has 0 aliphatic carbocycles. The lowest BCUT2D eigenvalue weighted by Gasteiger charge is -2.22. The molecular formula is C30H26BrCl2N3O5S. The molecule has 42 heavy (non-hydrogen) atoms. The highest BCUT2D eigenvalue weighted by Crippen LogP contribution is 2.29. The number of methoxy groups -OCH3 is 1. The van der Waals surface area contributed by atoms with Crippen LogP contribution in [0.15, 0.2) is 105 Å². The van der Waals surface area contributed by atoms with Gasteiger partial charge in [0.25, 0.3) is 5.91 Å². The first kappa shape index (κ1) is 31.5. The smallest absolute Gasteiger partial charge is 0.255 e. The molecular weight excluding hydrogens is 665 g/mol. The number of hydrazone groups is 1. The van der Waals surface area contributed by atoms with Crippen LogP contribution in [0.3, 0.4) is 0 Å². The molecule has 0 bridgehead atoms. The Bertz CT molecular complexity index is 1670. The van der Waals surface area contributed by atoms with Gasteiger partial charge in [0.15, 0.2) is 11.5 Å². The van der Waals surface area contributed by atoms with Crippen LogP contribution in [0.5, 0.6) is 11.5 Å². The lowest BCUT2D eigenvalue weighted by molar-refractivity contribution is -0.121. The molecule has 218 valence electrons. The minimum atomic E-state index is -4.06. The van der Waals surface area contributed by atoms with Crippen LogP contribution < -0.4 is 14.9 Å². The second-order valence-electron chi connectivity index (χ2n) is 8.95. The largest absolute Gasteiger partial charge is 0.493 e. The molecule has 0 aliphatic heterocycles. The summed E-state index contributed by atoms with van der Waals surface area (Å²) in [6.07, 6.45) is 1.42. The second-order valence-corrected chi connectivity index (χ2v) is 12.6. The lowest BCUT2D eigenvalue weighted by atomic mass is 10.2. The van der Waals surface area contributed by atoms with Gasteiger partial charge in [0.1, 0.15) is 6.61 Å². The minimum absolute atomic E-state index is 0.0312. The van der Waals surface area contributed by atoms with Crippen molar-refractivity contribution in [2.45, 2.75) is 18.0 Å². The summed E-state index contributed by atoms with van der Waals surface area (Å²) in [5, 5.41) is 4.61. The van der Waals surface area contributed by atoms with E-state index in [4.69, 9.17) is 32.7 Å². The maximum atomic E-state index is 13.5. The van der Waals surface area contributed by atoms with Crippen molar-refractivity contribution < 1.29 is 22.7 Å². The summed E-state index contributed by atoms with van der Waals surface area (Å²) in [6, 6.07) is 25.9. The van der Waals surface area contributed by atoms with Gasteiger partial charge >= 0.3 is 0 Å². The van der Waals surface area contributed by atoms with Crippen LogP contribution in [-0.2, 0) is 28.0 Å². The fraction of sp³-hybridized carbons (Fsp3) is 0.133. The quantitative estimate of drug-likeness (QED) is 0.132. The molecule has 0 spiro atoms. The Morgan fingerprint density at radius 2 is 1.67 bits per heavy atom. The maximum Gasteiger partial charge on any atom is 0.255 e. The van der Waals surface area contributed by atoms with Crippen molar-refractivity contribution >= 4 is 61.3 Å². The molecule has 1 amide bonds. The van der Waals surface area contributed by atoms with Gasteiger partial charge in [-0.25, -0.2) is 13.8 Å². The first-order chi connectivity index (χ1) is 20.2. The van der Waals surface area contributed by atoms with Crippen LogP contribution in [0.4, 0.5) is 0 Å². The number of carbonyl (C=O) groups is 1. The van der Waals surface area contributed by atoms with Crippen LogP contribution in [0.2, 0.25) is 10.0 Å². The van der Waals surface area contributed by atoms with Gasteiger partial charge in [-0.2, -0.15) is 9.41 Å². The Morgan fingerprint density at radius 3 is 2.36 bits per heavy atom. The van der Waals surface area contributed by atoms with Crippen molar-refractivity contribution in [1.29, 1.82) is 0 Å². The number of rotatable bonds is 12. The van der Waals surface area contributed by atoms with Gasteiger partial charge < -0.3 is 9.47 Å². The standard InChI is InChI=1S/C30H26BrCl2N3O5S/c1-40-29-16-22(8-14-28(29)41-20-21-5-3-2-4-6-21)17-34-35-30(37)19-36(18-23-7-13-26(32)27(33)15-23)42(38,39)25-11-9-24(31)10-12-25/h2-17H,18-20H2,1H3,(H,35,37)/b34-17+. The van der Waals surface area contributed by atoms with E-state index in [0.717, 1.165) is 14.3 Å². The predicted molar refractivity (Wildman–Crippen MR) is 168 cm³/mol. The van der Waals surface area contributed by atoms with Gasteiger partial charge in [0, 0.05) is 11.0 Å². The van der Waals surface area contributed by atoms with Crippen molar-refractivity contribution in [3.05, 3.63) is 122 Å². The summed E-state index contributed by atoms with van der Waals surface area (Å²) in [6.45, 7) is -0.234. The molecule has 12 heteroatoms. The molecule has 0 radical (unpaired) electrons. The van der Waals surface area contributed by atoms with E-state index in [-0.39, 0.29) is 16.5 Å². The molecule has 0 aromatic heterocycles. The lowest BCUT2D eigenvalue weighted by Crippen LogP contribution is -2.39. The third-order valence-corrected chi connectivity index (χ3v) is 9.02.